The molecule has 0 unspecified atom stereocenters. The summed E-state index contributed by atoms with van der Waals surface area (Å²) in [4.78, 5) is 26.4. The molecule has 0 aromatic carbocycles. The highest BCUT2D eigenvalue weighted by Crippen LogP contribution is 2.14. The number of hydrogen-bond acceptors (Lipinski definition) is 4. The topological polar surface area (TPSA) is 82.1 Å². The molecule has 0 rings (SSSR count). The Morgan fingerprint density at radius 1 is 1.25 bits per heavy atom. The van der Waals surface area contributed by atoms with Crippen molar-refractivity contribution in [1.82, 2.24) is 15.1 Å². The number of carboxylic acids is 1. The van der Waals surface area contributed by atoms with E-state index in [1.54, 1.807) is 6.92 Å². The lowest BCUT2D eigenvalue weighted by atomic mass is 10.0. The minimum atomic E-state index is -1.23. The molecule has 0 aromatic rings. The number of likely N-dealkylation sites (N-methyl/N-ethyl adjacent to an activating group) is 2. The maximum Gasteiger partial charge on any atom is 0.329 e. The van der Waals surface area contributed by atoms with Crippen molar-refractivity contribution in [2.75, 3.05) is 46.9 Å². The molecule has 0 aromatic heterocycles. The van der Waals surface area contributed by atoms with Gasteiger partial charge in [0.15, 0.2) is 0 Å². The van der Waals surface area contributed by atoms with Gasteiger partial charge in [0.1, 0.15) is 5.54 Å². The zero-order valence-electron chi connectivity index (χ0n) is 13.1. The van der Waals surface area contributed by atoms with E-state index in [-0.39, 0.29) is 0 Å². The van der Waals surface area contributed by atoms with Crippen molar-refractivity contribution in [1.29, 1.82) is 0 Å². The monoisotopic (exact) mass is 289 g/mol. The summed E-state index contributed by atoms with van der Waals surface area (Å²) in [7, 11) is 3.91. The highest BCUT2D eigenvalue weighted by Gasteiger charge is 2.36. The molecule has 0 saturated carbocycles. The molecule has 0 aliphatic rings. The predicted molar refractivity (Wildman–Crippen MR) is 76.9 cm³/mol. The molecule has 2 amide bonds. The first-order valence-electron chi connectivity index (χ1n) is 6.74. The molecular weight excluding hydrogens is 262 g/mol. The summed E-state index contributed by atoms with van der Waals surface area (Å²) in [6, 6.07) is -0.392. The van der Waals surface area contributed by atoms with Crippen molar-refractivity contribution in [3.63, 3.8) is 0 Å². The van der Waals surface area contributed by atoms with E-state index in [1.807, 2.05) is 19.0 Å². The van der Waals surface area contributed by atoms with Crippen LogP contribution < -0.4 is 5.32 Å². The average molecular weight is 289 g/mol. The van der Waals surface area contributed by atoms with E-state index in [0.29, 0.717) is 26.3 Å². The molecular formula is C13H27N3O4. The number of urea groups is 1. The number of carbonyl (C=O) groups is 2. The fourth-order valence-corrected chi connectivity index (χ4v) is 1.58. The number of aliphatic carboxylic acids is 1. The smallest absolute Gasteiger partial charge is 0.329 e. The summed E-state index contributed by atoms with van der Waals surface area (Å²) >= 11 is 0. The molecule has 7 nitrogen and oxygen atoms in total. The molecule has 0 heterocycles. The number of rotatable bonds is 9. The van der Waals surface area contributed by atoms with E-state index in [0.717, 1.165) is 6.54 Å². The summed E-state index contributed by atoms with van der Waals surface area (Å²) in [6.45, 7) is 7.27. The first kappa shape index (κ1) is 18.7. The summed E-state index contributed by atoms with van der Waals surface area (Å²) in [5.74, 6) is -1.03. The predicted octanol–water partition coefficient (Wildman–Crippen LogP) is 0.459. The van der Waals surface area contributed by atoms with E-state index >= 15 is 0 Å². The molecule has 0 radical (unpaired) electrons. The van der Waals surface area contributed by atoms with Gasteiger partial charge in [-0.15, -0.1) is 0 Å². The van der Waals surface area contributed by atoms with Gasteiger partial charge in [0.25, 0.3) is 0 Å². The first-order valence-corrected chi connectivity index (χ1v) is 6.74. The Labute approximate surface area is 120 Å². The van der Waals surface area contributed by atoms with Crippen LogP contribution in [0.1, 0.15) is 20.8 Å². The third kappa shape index (κ3) is 6.21. The van der Waals surface area contributed by atoms with E-state index in [9.17, 15) is 9.59 Å². The molecule has 20 heavy (non-hydrogen) atoms. The highest BCUT2D eigenvalue weighted by molar-refractivity contribution is 5.85. The van der Waals surface area contributed by atoms with Crippen LogP contribution in [0.25, 0.3) is 0 Å². The summed E-state index contributed by atoms with van der Waals surface area (Å²) < 4.78 is 5.35. The lowest BCUT2D eigenvalue weighted by Crippen LogP contribution is -2.56. The Morgan fingerprint density at radius 3 is 2.30 bits per heavy atom. The normalized spacial score (nSPS) is 11.5. The molecule has 0 fully saturated rings. The summed E-state index contributed by atoms with van der Waals surface area (Å²) in [6.07, 6.45) is 0. The Hall–Kier alpha value is -1.34. The van der Waals surface area contributed by atoms with Crippen LogP contribution in [0.4, 0.5) is 4.79 Å². The number of amides is 2. The number of nitrogens with zero attached hydrogens (tertiary/aromatic N) is 2. The van der Waals surface area contributed by atoms with Crippen LogP contribution >= 0.6 is 0 Å². The Bertz CT molecular complexity index is 319. The Balaban J connectivity index is 4.09. The van der Waals surface area contributed by atoms with Gasteiger partial charge in [-0.05, 0) is 34.9 Å². The maximum atomic E-state index is 12.0. The third-order valence-corrected chi connectivity index (χ3v) is 2.97. The van der Waals surface area contributed by atoms with Crippen LogP contribution in [0.5, 0.6) is 0 Å². The van der Waals surface area contributed by atoms with Gasteiger partial charge in [0, 0.05) is 19.6 Å². The van der Waals surface area contributed by atoms with E-state index in [1.165, 1.54) is 18.7 Å². The molecule has 118 valence electrons. The Kier molecular flexibility index (Phi) is 8.17. The van der Waals surface area contributed by atoms with E-state index < -0.39 is 17.5 Å². The second-order valence-corrected chi connectivity index (χ2v) is 5.26. The van der Waals surface area contributed by atoms with Crippen LogP contribution in [0.2, 0.25) is 0 Å². The molecule has 0 aliphatic carbocycles. The van der Waals surface area contributed by atoms with Crippen LogP contribution in [-0.4, -0.2) is 79.4 Å². The van der Waals surface area contributed by atoms with E-state index in [4.69, 9.17) is 9.84 Å². The minimum absolute atomic E-state index is 0.326. The lowest BCUT2D eigenvalue weighted by molar-refractivity contribution is -0.147. The van der Waals surface area contributed by atoms with E-state index in [2.05, 4.69) is 5.32 Å². The molecule has 0 atom stereocenters. The molecule has 0 bridgehead atoms. The highest BCUT2D eigenvalue weighted by atomic mass is 16.5. The van der Waals surface area contributed by atoms with Crippen LogP contribution in [-0.2, 0) is 9.53 Å². The fourth-order valence-electron chi connectivity index (χ4n) is 1.58. The van der Waals surface area contributed by atoms with Gasteiger partial charge in [-0.25, -0.2) is 9.59 Å². The Morgan fingerprint density at radius 2 is 1.85 bits per heavy atom. The minimum Gasteiger partial charge on any atom is -0.480 e. The molecule has 0 spiro atoms. The quantitative estimate of drug-likeness (QED) is 0.603. The van der Waals surface area contributed by atoms with Gasteiger partial charge in [-0.1, -0.05) is 0 Å². The fraction of sp³-hybridized carbons (Fsp3) is 0.846. The average Bonchev–Trinajstić information content (AvgIpc) is 2.33. The van der Waals surface area contributed by atoms with Crippen molar-refractivity contribution in [3.05, 3.63) is 0 Å². The zero-order chi connectivity index (χ0) is 15.8. The van der Waals surface area contributed by atoms with Gasteiger partial charge < -0.3 is 25.0 Å². The number of hydrogen-bond donors (Lipinski definition) is 2. The van der Waals surface area contributed by atoms with Crippen LogP contribution in [0.15, 0.2) is 0 Å². The van der Waals surface area contributed by atoms with Crippen LogP contribution in [0, 0.1) is 0 Å². The van der Waals surface area contributed by atoms with Crippen molar-refractivity contribution in [2.24, 2.45) is 0 Å². The van der Waals surface area contributed by atoms with Crippen molar-refractivity contribution in [3.8, 4) is 0 Å². The molecule has 0 aliphatic heterocycles. The van der Waals surface area contributed by atoms with Gasteiger partial charge in [0.2, 0.25) is 0 Å². The third-order valence-electron chi connectivity index (χ3n) is 2.97. The standard InChI is InChI=1S/C13H27N3O4/c1-6-16(13(2,3)11(17)18)12(19)14-7-9-20-10-8-15(4)5/h6-10H2,1-5H3,(H,14,19)(H,17,18). The molecule has 2 N–H and O–H groups in total. The lowest BCUT2D eigenvalue weighted by Gasteiger charge is -2.34. The van der Waals surface area contributed by atoms with Crippen molar-refractivity contribution < 1.29 is 19.4 Å². The van der Waals surface area contributed by atoms with Gasteiger partial charge >= 0.3 is 12.0 Å². The maximum absolute atomic E-state index is 12.0. The number of nitrogens with one attached hydrogen (secondary N) is 1. The largest absolute Gasteiger partial charge is 0.480 e. The van der Waals surface area contributed by atoms with Gasteiger partial charge in [-0.2, -0.15) is 0 Å². The SMILES string of the molecule is CCN(C(=O)NCCOCCN(C)C)C(C)(C)C(=O)O. The van der Waals surface area contributed by atoms with Crippen molar-refractivity contribution in [2.45, 2.75) is 26.3 Å². The van der Waals surface area contributed by atoms with Crippen LogP contribution in [0.3, 0.4) is 0 Å². The van der Waals surface area contributed by atoms with Gasteiger partial charge in [-0.3, -0.25) is 0 Å². The number of carbonyl (C=O) groups excluding carboxylic acids is 1. The number of ether oxygens (including phenoxy) is 1. The van der Waals surface area contributed by atoms with Gasteiger partial charge in [0.05, 0.1) is 13.2 Å². The molecule has 0 saturated heterocycles. The summed E-state index contributed by atoms with van der Waals surface area (Å²) in [5, 5.41) is 11.8. The summed E-state index contributed by atoms with van der Waals surface area (Å²) in [5.41, 5.74) is -1.23. The van der Waals surface area contributed by atoms with Crippen molar-refractivity contribution >= 4 is 12.0 Å². The number of carboxylic acid groups (broad SMARTS) is 1. The second-order valence-electron chi connectivity index (χ2n) is 5.26. The first-order chi connectivity index (χ1) is 9.23. The molecule has 7 heteroatoms. The zero-order valence-corrected chi connectivity index (χ0v) is 13.1. The second kappa shape index (κ2) is 8.76.